The predicted molar refractivity (Wildman–Crippen MR) is 90.1 cm³/mol. The zero-order valence-corrected chi connectivity index (χ0v) is 13.9. The highest BCUT2D eigenvalue weighted by Crippen LogP contribution is 2.20. The molecule has 0 spiro atoms. The van der Waals surface area contributed by atoms with Crippen LogP contribution in [0.3, 0.4) is 0 Å². The van der Waals surface area contributed by atoms with Crippen molar-refractivity contribution >= 4 is 5.91 Å². The van der Waals surface area contributed by atoms with E-state index >= 15 is 0 Å². The van der Waals surface area contributed by atoms with Gasteiger partial charge in [-0.15, -0.1) is 0 Å². The van der Waals surface area contributed by atoms with E-state index in [1.807, 2.05) is 6.07 Å². The lowest BCUT2D eigenvalue weighted by molar-refractivity contribution is -0.132. The van der Waals surface area contributed by atoms with E-state index in [9.17, 15) is 4.79 Å². The summed E-state index contributed by atoms with van der Waals surface area (Å²) in [6.45, 7) is 8.38. The maximum atomic E-state index is 12.5. The third-order valence-electron chi connectivity index (χ3n) is 4.69. The molecule has 2 fully saturated rings. The molecule has 1 amide bonds. The lowest BCUT2D eigenvalue weighted by atomic mass is 10.0. The molecular formula is C18H27N3O2. The monoisotopic (exact) mass is 317 g/mol. The first kappa shape index (κ1) is 16.4. The van der Waals surface area contributed by atoms with Gasteiger partial charge in [-0.3, -0.25) is 14.6 Å². The van der Waals surface area contributed by atoms with E-state index in [4.69, 9.17) is 4.74 Å². The van der Waals surface area contributed by atoms with Crippen LogP contribution in [0.1, 0.15) is 18.9 Å². The van der Waals surface area contributed by atoms with Gasteiger partial charge in [0.05, 0.1) is 19.3 Å². The lowest BCUT2D eigenvalue weighted by Gasteiger charge is -2.40. The van der Waals surface area contributed by atoms with Crippen molar-refractivity contribution in [3.63, 3.8) is 0 Å². The number of carbonyl (C=O) groups excluding carboxylic acids is 1. The van der Waals surface area contributed by atoms with Gasteiger partial charge in [-0.1, -0.05) is 30.3 Å². The Bertz CT molecular complexity index is 502. The number of nitrogens with zero attached hydrogens (tertiary/aromatic N) is 2. The average Bonchev–Trinajstić information content (AvgIpc) is 2.53. The molecule has 2 atom stereocenters. The fraction of sp³-hybridized carbons (Fsp3) is 0.611. The van der Waals surface area contributed by atoms with Crippen LogP contribution in [-0.4, -0.2) is 67.2 Å². The Labute approximate surface area is 138 Å². The van der Waals surface area contributed by atoms with E-state index in [0.29, 0.717) is 0 Å². The molecule has 0 unspecified atom stereocenters. The number of hydrogen-bond acceptors (Lipinski definition) is 4. The molecule has 0 aliphatic carbocycles. The van der Waals surface area contributed by atoms with Crippen molar-refractivity contribution in [1.82, 2.24) is 15.1 Å². The van der Waals surface area contributed by atoms with Gasteiger partial charge in [0, 0.05) is 38.8 Å². The zero-order chi connectivity index (χ0) is 16.1. The van der Waals surface area contributed by atoms with Gasteiger partial charge in [0.15, 0.2) is 0 Å². The Hall–Kier alpha value is -1.43. The molecule has 1 aromatic rings. The lowest BCUT2D eigenvalue weighted by Crippen LogP contribution is -2.58. The summed E-state index contributed by atoms with van der Waals surface area (Å²) < 4.78 is 5.36. The molecule has 0 bridgehead atoms. The van der Waals surface area contributed by atoms with Crippen LogP contribution in [0.4, 0.5) is 0 Å². The minimum atomic E-state index is 0.0299. The van der Waals surface area contributed by atoms with Gasteiger partial charge in [0.25, 0.3) is 0 Å². The summed E-state index contributed by atoms with van der Waals surface area (Å²) in [5.41, 5.74) is 1.27. The highest BCUT2D eigenvalue weighted by molar-refractivity contribution is 5.82. The summed E-state index contributed by atoms with van der Waals surface area (Å²) in [6.07, 6.45) is 0.961. The Balaban J connectivity index is 1.44. The molecule has 0 radical (unpaired) electrons. The number of ether oxygens (including phenoxy) is 1. The standard InChI is InChI=1S/C18H27N3O2/c1-15(13-20-9-11-23-12-10-20)19-18(22)17-7-8-21(17)14-16-5-3-2-4-6-16/h2-6,15,17H,7-14H2,1H3,(H,19,22)/t15-,17-/m1/s1. The number of hydrogen-bond donors (Lipinski definition) is 1. The van der Waals surface area contributed by atoms with Crippen molar-refractivity contribution in [2.75, 3.05) is 39.4 Å². The molecule has 2 aliphatic rings. The van der Waals surface area contributed by atoms with Crippen molar-refractivity contribution in [2.24, 2.45) is 0 Å². The second-order valence-corrected chi connectivity index (χ2v) is 6.58. The molecule has 0 aromatic heterocycles. The molecule has 1 aromatic carbocycles. The number of morpholine rings is 1. The summed E-state index contributed by atoms with van der Waals surface area (Å²) in [7, 11) is 0. The number of nitrogens with one attached hydrogen (secondary N) is 1. The predicted octanol–water partition coefficient (Wildman–Crippen LogP) is 1.10. The molecule has 2 aliphatic heterocycles. The van der Waals surface area contributed by atoms with Gasteiger partial charge in [0.1, 0.15) is 0 Å². The quantitative estimate of drug-likeness (QED) is 0.853. The highest BCUT2D eigenvalue weighted by Gasteiger charge is 2.34. The minimum Gasteiger partial charge on any atom is -0.379 e. The van der Waals surface area contributed by atoms with Crippen molar-refractivity contribution in [1.29, 1.82) is 0 Å². The molecular weight excluding hydrogens is 290 g/mol. The largest absolute Gasteiger partial charge is 0.379 e. The number of benzene rings is 1. The maximum absolute atomic E-state index is 12.5. The Morgan fingerprint density at radius 2 is 2.00 bits per heavy atom. The number of rotatable bonds is 6. The van der Waals surface area contributed by atoms with Crippen molar-refractivity contribution in [3.8, 4) is 0 Å². The fourth-order valence-corrected chi connectivity index (χ4v) is 3.30. The SMILES string of the molecule is C[C@H](CN1CCOCC1)NC(=O)[C@H]1CCN1Cc1ccccc1. The van der Waals surface area contributed by atoms with Gasteiger partial charge < -0.3 is 10.1 Å². The molecule has 5 heteroatoms. The third kappa shape index (κ3) is 4.53. The van der Waals surface area contributed by atoms with Gasteiger partial charge in [0.2, 0.25) is 5.91 Å². The van der Waals surface area contributed by atoms with Crippen LogP contribution in [0.25, 0.3) is 0 Å². The number of likely N-dealkylation sites (tertiary alicyclic amines) is 1. The van der Waals surface area contributed by atoms with Gasteiger partial charge in [-0.05, 0) is 18.9 Å². The van der Waals surface area contributed by atoms with E-state index in [1.54, 1.807) is 0 Å². The van der Waals surface area contributed by atoms with Crippen LogP contribution >= 0.6 is 0 Å². The maximum Gasteiger partial charge on any atom is 0.237 e. The Morgan fingerprint density at radius 3 is 2.65 bits per heavy atom. The van der Waals surface area contributed by atoms with Gasteiger partial charge >= 0.3 is 0 Å². The van der Waals surface area contributed by atoms with Crippen molar-refractivity contribution in [3.05, 3.63) is 35.9 Å². The first-order chi connectivity index (χ1) is 11.2. The number of amides is 1. The summed E-state index contributed by atoms with van der Waals surface area (Å²) in [6, 6.07) is 10.6. The van der Waals surface area contributed by atoms with E-state index in [-0.39, 0.29) is 18.0 Å². The molecule has 2 heterocycles. The average molecular weight is 317 g/mol. The van der Waals surface area contributed by atoms with Crippen molar-refractivity contribution < 1.29 is 9.53 Å². The molecule has 3 rings (SSSR count). The fourth-order valence-electron chi connectivity index (χ4n) is 3.30. The zero-order valence-electron chi connectivity index (χ0n) is 13.9. The van der Waals surface area contributed by atoms with Crippen LogP contribution in [0, 0.1) is 0 Å². The van der Waals surface area contributed by atoms with Gasteiger partial charge in [-0.25, -0.2) is 0 Å². The molecule has 126 valence electrons. The summed E-state index contributed by atoms with van der Waals surface area (Å²) in [5, 5.41) is 3.18. The highest BCUT2D eigenvalue weighted by atomic mass is 16.5. The second-order valence-electron chi connectivity index (χ2n) is 6.58. The Kier molecular flexibility index (Phi) is 5.65. The summed E-state index contributed by atoms with van der Waals surface area (Å²) >= 11 is 0. The normalized spacial score (nSPS) is 24.0. The number of carbonyl (C=O) groups is 1. The van der Waals surface area contributed by atoms with Gasteiger partial charge in [-0.2, -0.15) is 0 Å². The molecule has 23 heavy (non-hydrogen) atoms. The van der Waals surface area contributed by atoms with Crippen molar-refractivity contribution in [2.45, 2.75) is 32.0 Å². The van der Waals surface area contributed by atoms with E-state index < -0.39 is 0 Å². The van der Waals surface area contributed by atoms with Crippen LogP contribution in [0.2, 0.25) is 0 Å². The van der Waals surface area contributed by atoms with E-state index in [2.05, 4.69) is 46.3 Å². The van der Waals surface area contributed by atoms with Crippen LogP contribution < -0.4 is 5.32 Å². The van der Waals surface area contributed by atoms with E-state index in [0.717, 1.165) is 52.4 Å². The molecule has 1 N–H and O–H groups in total. The van der Waals surface area contributed by atoms with Crippen LogP contribution in [0.15, 0.2) is 30.3 Å². The van der Waals surface area contributed by atoms with Crippen LogP contribution in [-0.2, 0) is 16.1 Å². The molecule has 2 saturated heterocycles. The summed E-state index contributed by atoms with van der Waals surface area (Å²) in [4.78, 5) is 17.1. The minimum absolute atomic E-state index is 0.0299. The second kappa shape index (κ2) is 7.90. The molecule has 5 nitrogen and oxygen atoms in total. The topological polar surface area (TPSA) is 44.8 Å². The van der Waals surface area contributed by atoms with E-state index in [1.165, 1.54) is 5.56 Å². The Morgan fingerprint density at radius 1 is 1.26 bits per heavy atom. The first-order valence-electron chi connectivity index (χ1n) is 8.61. The summed E-state index contributed by atoms with van der Waals surface area (Å²) in [5.74, 6) is 0.174. The third-order valence-corrected chi connectivity index (χ3v) is 4.69. The molecule has 0 saturated carbocycles. The van der Waals surface area contributed by atoms with Crippen LogP contribution in [0.5, 0.6) is 0 Å². The first-order valence-corrected chi connectivity index (χ1v) is 8.61. The smallest absolute Gasteiger partial charge is 0.237 e.